The summed E-state index contributed by atoms with van der Waals surface area (Å²) in [7, 11) is 3.53. The molecular weight excluding hydrogens is 358 g/mol. The summed E-state index contributed by atoms with van der Waals surface area (Å²) in [5.74, 6) is 0.487. The Morgan fingerprint density at radius 2 is 2.12 bits per heavy atom. The molecule has 1 aromatic heterocycles. The van der Waals surface area contributed by atoms with Gasteiger partial charge in [-0.1, -0.05) is 23.7 Å². The van der Waals surface area contributed by atoms with Crippen molar-refractivity contribution in [1.82, 2.24) is 4.98 Å². The highest BCUT2D eigenvalue weighted by molar-refractivity contribution is 7.18. The number of aromatic nitrogens is 1. The maximum atomic E-state index is 12.3. The van der Waals surface area contributed by atoms with Crippen molar-refractivity contribution in [2.45, 2.75) is 6.54 Å². The van der Waals surface area contributed by atoms with Crippen LogP contribution in [0.15, 0.2) is 42.5 Å². The van der Waals surface area contributed by atoms with Gasteiger partial charge in [-0.15, -0.1) is 11.3 Å². The van der Waals surface area contributed by atoms with Crippen molar-refractivity contribution in [3.8, 4) is 5.75 Å². The van der Waals surface area contributed by atoms with Gasteiger partial charge in [0.25, 0.3) is 5.91 Å². The molecule has 3 rings (SSSR count). The molecule has 0 aliphatic carbocycles. The van der Waals surface area contributed by atoms with Crippen LogP contribution in [0.2, 0.25) is 5.02 Å². The lowest BCUT2D eigenvalue weighted by Gasteiger charge is -2.14. The first-order chi connectivity index (χ1) is 12.0. The summed E-state index contributed by atoms with van der Waals surface area (Å²) in [6.45, 7) is 1.02. The number of methoxy groups -OCH3 is 1. The van der Waals surface area contributed by atoms with E-state index in [0.717, 1.165) is 15.4 Å². The van der Waals surface area contributed by atoms with Crippen LogP contribution in [0.3, 0.4) is 0 Å². The molecule has 0 aliphatic rings. The number of quaternary nitrogens is 1. The second-order valence-corrected chi connectivity index (χ2v) is 7.33. The molecule has 0 radical (unpaired) electrons. The van der Waals surface area contributed by atoms with E-state index in [1.807, 2.05) is 25.2 Å². The van der Waals surface area contributed by atoms with E-state index in [1.54, 1.807) is 36.6 Å². The van der Waals surface area contributed by atoms with Crippen molar-refractivity contribution in [2.75, 3.05) is 26.0 Å². The van der Waals surface area contributed by atoms with Crippen LogP contribution < -0.4 is 15.0 Å². The fourth-order valence-corrected chi connectivity index (χ4v) is 3.82. The van der Waals surface area contributed by atoms with Crippen LogP contribution in [0.4, 0.5) is 5.69 Å². The Morgan fingerprint density at radius 3 is 2.88 bits per heavy atom. The van der Waals surface area contributed by atoms with Crippen LogP contribution in [0.1, 0.15) is 5.01 Å². The average molecular weight is 377 g/mol. The normalized spacial score (nSPS) is 12.1. The molecule has 1 atom stereocenters. The van der Waals surface area contributed by atoms with Gasteiger partial charge in [0.15, 0.2) is 6.54 Å². The number of nitrogens with one attached hydrogen (secondary N) is 2. The maximum absolute atomic E-state index is 12.3. The minimum atomic E-state index is -0.0980. The molecule has 1 unspecified atom stereocenters. The Kier molecular flexibility index (Phi) is 5.53. The van der Waals surface area contributed by atoms with E-state index in [-0.39, 0.29) is 5.91 Å². The smallest absolute Gasteiger partial charge is 0.279 e. The fraction of sp³-hybridized carbons (Fsp3) is 0.222. The van der Waals surface area contributed by atoms with E-state index in [0.29, 0.717) is 29.5 Å². The molecule has 2 aromatic carbocycles. The number of carbonyl (C=O) groups excluding carboxylic acids is 1. The van der Waals surface area contributed by atoms with E-state index >= 15 is 0 Å². The zero-order valence-corrected chi connectivity index (χ0v) is 15.6. The average Bonchev–Trinajstić information content (AvgIpc) is 2.96. The highest BCUT2D eigenvalue weighted by Gasteiger charge is 2.15. The number of para-hydroxylation sites is 1. The van der Waals surface area contributed by atoms with Crippen molar-refractivity contribution in [3.05, 3.63) is 52.5 Å². The van der Waals surface area contributed by atoms with Gasteiger partial charge in [0, 0.05) is 5.02 Å². The summed E-state index contributed by atoms with van der Waals surface area (Å²) in [6, 6.07) is 13.2. The third-order valence-electron chi connectivity index (χ3n) is 3.69. The number of halogens is 1. The predicted molar refractivity (Wildman–Crippen MR) is 102 cm³/mol. The molecule has 3 aromatic rings. The highest BCUT2D eigenvalue weighted by atomic mass is 35.5. The molecule has 25 heavy (non-hydrogen) atoms. The number of benzene rings is 2. The third-order valence-corrected chi connectivity index (χ3v) is 4.96. The van der Waals surface area contributed by atoms with Crippen molar-refractivity contribution >= 4 is 44.7 Å². The van der Waals surface area contributed by atoms with Crippen LogP contribution in [-0.2, 0) is 11.3 Å². The van der Waals surface area contributed by atoms with Crippen molar-refractivity contribution in [3.63, 3.8) is 0 Å². The van der Waals surface area contributed by atoms with E-state index in [1.165, 1.54) is 4.70 Å². The van der Waals surface area contributed by atoms with Crippen LogP contribution in [0.5, 0.6) is 5.75 Å². The molecule has 0 saturated carbocycles. The number of ether oxygens (including phenoxy) is 1. The van der Waals surface area contributed by atoms with Gasteiger partial charge in [-0.2, -0.15) is 0 Å². The lowest BCUT2D eigenvalue weighted by Crippen LogP contribution is -3.08. The zero-order valence-electron chi connectivity index (χ0n) is 14.0. The number of nitrogens with zero attached hydrogens (tertiary/aromatic N) is 1. The molecule has 1 amide bonds. The molecular formula is C18H19ClN3O2S+. The van der Waals surface area contributed by atoms with Crippen LogP contribution in [0.25, 0.3) is 10.2 Å². The predicted octanol–water partition coefficient (Wildman–Crippen LogP) is 2.61. The summed E-state index contributed by atoms with van der Waals surface area (Å²) in [6.07, 6.45) is 0. The molecule has 0 spiro atoms. The van der Waals surface area contributed by atoms with Crippen LogP contribution in [0, 0.1) is 0 Å². The zero-order chi connectivity index (χ0) is 17.8. The van der Waals surface area contributed by atoms with E-state index in [9.17, 15) is 4.79 Å². The van der Waals surface area contributed by atoms with Gasteiger partial charge in [0.05, 0.1) is 30.1 Å². The van der Waals surface area contributed by atoms with Gasteiger partial charge < -0.3 is 15.0 Å². The quantitative estimate of drug-likeness (QED) is 0.695. The van der Waals surface area contributed by atoms with Crippen LogP contribution in [-0.4, -0.2) is 31.6 Å². The molecule has 0 bridgehead atoms. The number of carbonyl (C=O) groups is 1. The molecule has 0 fully saturated rings. The van der Waals surface area contributed by atoms with Gasteiger partial charge in [-0.25, -0.2) is 4.98 Å². The Labute approximate surface area is 155 Å². The number of hydrogen-bond acceptors (Lipinski definition) is 4. The summed E-state index contributed by atoms with van der Waals surface area (Å²) < 4.78 is 6.41. The highest BCUT2D eigenvalue weighted by Crippen LogP contribution is 2.27. The largest absolute Gasteiger partial charge is 0.495 e. The number of amides is 1. The van der Waals surface area contributed by atoms with Gasteiger partial charge in [0.1, 0.15) is 17.3 Å². The Bertz CT molecular complexity index is 864. The number of thiazole rings is 1. The summed E-state index contributed by atoms with van der Waals surface area (Å²) in [5, 5.41) is 4.43. The Balaban J connectivity index is 1.61. The molecule has 5 nitrogen and oxygen atoms in total. The maximum Gasteiger partial charge on any atom is 0.279 e. The number of rotatable bonds is 6. The number of fused-ring (bicyclic) bond motifs is 1. The molecule has 130 valence electrons. The third kappa shape index (κ3) is 4.48. The van der Waals surface area contributed by atoms with E-state index in [4.69, 9.17) is 16.3 Å². The van der Waals surface area contributed by atoms with Crippen molar-refractivity contribution in [2.24, 2.45) is 0 Å². The first kappa shape index (κ1) is 17.7. The van der Waals surface area contributed by atoms with Gasteiger partial charge in [0.2, 0.25) is 0 Å². The standard InChI is InChI=1S/C18H18ClN3O2S/c1-22(11-18-21-13-5-3-4-6-16(13)25-18)10-17(23)20-14-9-12(19)7-8-15(14)24-2/h3-9H,10-11H2,1-2H3,(H,20,23)/p+1. The Morgan fingerprint density at radius 1 is 1.32 bits per heavy atom. The van der Waals surface area contributed by atoms with Gasteiger partial charge >= 0.3 is 0 Å². The summed E-state index contributed by atoms with van der Waals surface area (Å²) in [5.41, 5.74) is 1.58. The minimum Gasteiger partial charge on any atom is -0.495 e. The summed E-state index contributed by atoms with van der Waals surface area (Å²) in [4.78, 5) is 18.0. The number of anilines is 1. The van der Waals surface area contributed by atoms with Crippen molar-refractivity contribution < 1.29 is 14.4 Å². The molecule has 0 saturated heterocycles. The number of likely N-dealkylation sites (N-methyl/N-ethyl adjacent to an activating group) is 1. The van der Waals surface area contributed by atoms with E-state index < -0.39 is 0 Å². The number of hydrogen-bond donors (Lipinski definition) is 2. The molecule has 1 heterocycles. The first-order valence-electron chi connectivity index (χ1n) is 7.84. The second-order valence-electron chi connectivity index (χ2n) is 5.78. The topological polar surface area (TPSA) is 55.7 Å². The minimum absolute atomic E-state index is 0.0980. The monoisotopic (exact) mass is 376 g/mol. The van der Waals surface area contributed by atoms with Crippen molar-refractivity contribution in [1.29, 1.82) is 0 Å². The molecule has 0 aliphatic heterocycles. The first-order valence-corrected chi connectivity index (χ1v) is 9.03. The van der Waals surface area contributed by atoms with Gasteiger partial charge in [-0.05, 0) is 30.3 Å². The SMILES string of the molecule is COc1ccc(Cl)cc1NC(=O)C[NH+](C)Cc1nc2ccccc2s1. The lowest BCUT2D eigenvalue weighted by molar-refractivity contribution is -0.885. The van der Waals surface area contributed by atoms with Gasteiger partial charge in [-0.3, -0.25) is 4.79 Å². The molecule has 7 heteroatoms. The van der Waals surface area contributed by atoms with E-state index in [2.05, 4.69) is 16.4 Å². The second kappa shape index (κ2) is 7.82. The van der Waals surface area contributed by atoms with Crippen LogP contribution >= 0.6 is 22.9 Å². The Hall–Kier alpha value is -2.15. The summed E-state index contributed by atoms with van der Waals surface area (Å²) >= 11 is 7.65. The lowest BCUT2D eigenvalue weighted by atomic mass is 10.3. The molecule has 2 N–H and O–H groups in total. The fourth-order valence-electron chi connectivity index (χ4n) is 2.56.